The summed E-state index contributed by atoms with van der Waals surface area (Å²) in [5.74, 6) is 0.689. The van der Waals surface area contributed by atoms with Crippen LogP contribution in [0.5, 0.6) is 0 Å². The molecule has 0 spiro atoms. The standard InChI is InChI=1S/C20H23N3O3S2/c1-2-22(14-16-6-5-13-27-16)20(24)15-9-11-23(12-10-15)19-17-7-3-4-8-18(17)28(25,26)21-19/h3-8,13,15H,2,9-12,14H2,1H3. The fraction of sp³-hybridized carbons (Fsp3) is 0.400. The maximum absolute atomic E-state index is 13.0. The SMILES string of the molecule is CCN(Cc1cccs1)C(=O)C1CCN(C2=NS(=O)(=O)c3ccccc32)CC1. The molecule has 6 nitrogen and oxygen atoms in total. The highest BCUT2D eigenvalue weighted by atomic mass is 32.2. The molecule has 0 bridgehead atoms. The first-order valence-electron chi connectivity index (χ1n) is 9.50. The van der Waals surface area contributed by atoms with E-state index in [1.54, 1.807) is 29.5 Å². The molecular formula is C20H23N3O3S2. The van der Waals surface area contributed by atoms with Gasteiger partial charge in [0, 0.05) is 36.0 Å². The zero-order valence-electron chi connectivity index (χ0n) is 15.7. The van der Waals surface area contributed by atoms with Crippen LogP contribution >= 0.6 is 11.3 Å². The average Bonchev–Trinajstić information content (AvgIpc) is 3.32. The predicted octanol–water partition coefficient (Wildman–Crippen LogP) is 2.96. The Morgan fingerprint density at radius 1 is 1.21 bits per heavy atom. The molecule has 0 N–H and O–H groups in total. The molecule has 1 aromatic carbocycles. The first-order valence-corrected chi connectivity index (χ1v) is 11.8. The number of amides is 1. The largest absolute Gasteiger partial charge is 0.355 e. The number of sulfonamides is 1. The fourth-order valence-corrected chi connectivity index (χ4v) is 5.80. The summed E-state index contributed by atoms with van der Waals surface area (Å²) in [4.78, 5) is 18.4. The third-order valence-corrected chi connectivity index (χ3v) is 7.56. The van der Waals surface area contributed by atoms with Gasteiger partial charge in [0.2, 0.25) is 5.91 Å². The highest BCUT2D eigenvalue weighted by Gasteiger charge is 2.35. The summed E-state index contributed by atoms with van der Waals surface area (Å²) in [6, 6.07) is 11.0. The van der Waals surface area contributed by atoms with Gasteiger partial charge in [0.05, 0.1) is 6.54 Å². The number of hydrogen-bond donors (Lipinski definition) is 0. The molecule has 1 saturated heterocycles. The maximum atomic E-state index is 13.0. The number of thiophene rings is 1. The third-order valence-electron chi connectivity index (χ3n) is 5.38. The predicted molar refractivity (Wildman–Crippen MR) is 110 cm³/mol. The first kappa shape index (κ1) is 19.1. The second-order valence-electron chi connectivity index (χ2n) is 7.08. The van der Waals surface area contributed by atoms with E-state index >= 15 is 0 Å². The zero-order valence-corrected chi connectivity index (χ0v) is 17.4. The number of amidine groups is 1. The Hall–Kier alpha value is -2.19. The Kier molecular flexibility index (Phi) is 5.25. The van der Waals surface area contributed by atoms with Gasteiger partial charge in [-0.1, -0.05) is 18.2 Å². The molecule has 148 valence electrons. The Morgan fingerprint density at radius 3 is 2.64 bits per heavy atom. The minimum Gasteiger partial charge on any atom is -0.355 e. The van der Waals surface area contributed by atoms with E-state index in [4.69, 9.17) is 0 Å². The van der Waals surface area contributed by atoms with E-state index in [0.29, 0.717) is 50.4 Å². The number of hydrogen-bond acceptors (Lipinski definition) is 5. The quantitative estimate of drug-likeness (QED) is 0.767. The van der Waals surface area contributed by atoms with Crippen LogP contribution in [0.2, 0.25) is 0 Å². The van der Waals surface area contributed by atoms with Gasteiger partial charge >= 0.3 is 0 Å². The van der Waals surface area contributed by atoms with Gasteiger partial charge in [0.15, 0.2) is 5.84 Å². The van der Waals surface area contributed by atoms with Crippen LogP contribution in [0.3, 0.4) is 0 Å². The second-order valence-corrected chi connectivity index (χ2v) is 9.68. The average molecular weight is 418 g/mol. The molecule has 3 heterocycles. The van der Waals surface area contributed by atoms with Crippen molar-refractivity contribution in [1.82, 2.24) is 9.80 Å². The Balaban J connectivity index is 1.43. The molecule has 2 aliphatic heterocycles. The van der Waals surface area contributed by atoms with Crippen molar-refractivity contribution in [2.24, 2.45) is 10.3 Å². The van der Waals surface area contributed by atoms with Crippen molar-refractivity contribution in [3.05, 3.63) is 52.2 Å². The number of benzene rings is 1. The summed E-state index contributed by atoms with van der Waals surface area (Å²) in [7, 11) is -3.61. The number of likely N-dealkylation sites (tertiary alicyclic amines) is 1. The van der Waals surface area contributed by atoms with Crippen molar-refractivity contribution in [3.63, 3.8) is 0 Å². The smallest absolute Gasteiger partial charge is 0.285 e. The van der Waals surface area contributed by atoms with Gasteiger partial charge in [-0.15, -0.1) is 15.7 Å². The lowest BCUT2D eigenvalue weighted by atomic mass is 9.94. The fourth-order valence-electron chi connectivity index (χ4n) is 3.85. The molecule has 0 unspecified atom stereocenters. The molecular weight excluding hydrogens is 394 g/mol. The van der Waals surface area contributed by atoms with Crippen LogP contribution in [0.1, 0.15) is 30.2 Å². The monoisotopic (exact) mass is 417 g/mol. The van der Waals surface area contributed by atoms with E-state index in [1.807, 2.05) is 34.2 Å². The van der Waals surface area contributed by atoms with Crippen molar-refractivity contribution in [3.8, 4) is 0 Å². The highest BCUT2D eigenvalue weighted by Crippen LogP contribution is 2.30. The molecule has 8 heteroatoms. The highest BCUT2D eigenvalue weighted by molar-refractivity contribution is 7.90. The lowest BCUT2D eigenvalue weighted by Crippen LogP contribution is -2.44. The lowest BCUT2D eigenvalue weighted by Gasteiger charge is -2.35. The van der Waals surface area contributed by atoms with Crippen LogP contribution < -0.4 is 0 Å². The van der Waals surface area contributed by atoms with E-state index in [0.717, 1.165) is 0 Å². The number of rotatable bonds is 4. The van der Waals surface area contributed by atoms with Gasteiger partial charge in [-0.2, -0.15) is 8.42 Å². The summed E-state index contributed by atoms with van der Waals surface area (Å²) in [5.41, 5.74) is 0.667. The van der Waals surface area contributed by atoms with E-state index in [-0.39, 0.29) is 16.7 Å². The molecule has 1 aromatic heterocycles. The van der Waals surface area contributed by atoms with Crippen molar-refractivity contribution in [2.75, 3.05) is 19.6 Å². The van der Waals surface area contributed by atoms with Crippen LogP contribution in [-0.2, 0) is 21.4 Å². The summed E-state index contributed by atoms with van der Waals surface area (Å²) < 4.78 is 28.6. The van der Waals surface area contributed by atoms with E-state index < -0.39 is 10.0 Å². The molecule has 0 aliphatic carbocycles. The van der Waals surface area contributed by atoms with Crippen molar-refractivity contribution in [1.29, 1.82) is 0 Å². The lowest BCUT2D eigenvalue weighted by molar-refractivity contribution is -0.137. The number of carbonyl (C=O) groups is 1. The molecule has 0 radical (unpaired) electrons. The van der Waals surface area contributed by atoms with E-state index in [9.17, 15) is 13.2 Å². The van der Waals surface area contributed by atoms with Crippen LogP contribution in [-0.4, -0.2) is 49.6 Å². The number of piperidine rings is 1. The second kappa shape index (κ2) is 7.67. The summed E-state index contributed by atoms with van der Waals surface area (Å²) >= 11 is 1.67. The van der Waals surface area contributed by atoms with Gasteiger partial charge < -0.3 is 9.80 Å². The van der Waals surface area contributed by atoms with Gasteiger partial charge in [-0.25, -0.2) is 0 Å². The number of carbonyl (C=O) groups excluding carboxylic acids is 1. The summed E-state index contributed by atoms with van der Waals surface area (Å²) in [6.07, 6.45) is 1.42. The first-order chi connectivity index (χ1) is 13.5. The molecule has 28 heavy (non-hydrogen) atoms. The molecule has 1 fully saturated rings. The molecule has 1 amide bonds. The molecule has 0 saturated carbocycles. The van der Waals surface area contributed by atoms with Crippen LogP contribution in [0.15, 0.2) is 51.1 Å². The topological polar surface area (TPSA) is 70.1 Å². The Morgan fingerprint density at radius 2 is 1.96 bits per heavy atom. The van der Waals surface area contributed by atoms with Crippen molar-refractivity contribution < 1.29 is 13.2 Å². The molecule has 4 rings (SSSR count). The van der Waals surface area contributed by atoms with E-state index in [2.05, 4.69) is 10.5 Å². The van der Waals surface area contributed by atoms with Crippen LogP contribution in [0, 0.1) is 5.92 Å². The Labute approximate surface area is 169 Å². The van der Waals surface area contributed by atoms with Gasteiger partial charge in [0.25, 0.3) is 10.0 Å². The third kappa shape index (κ3) is 3.58. The van der Waals surface area contributed by atoms with Gasteiger partial charge in [0.1, 0.15) is 4.90 Å². The van der Waals surface area contributed by atoms with Crippen LogP contribution in [0.4, 0.5) is 0 Å². The van der Waals surface area contributed by atoms with Gasteiger partial charge in [-0.05, 0) is 43.3 Å². The zero-order chi connectivity index (χ0) is 19.7. The summed E-state index contributed by atoms with van der Waals surface area (Å²) in [6.45, 7) is 4.63. The van der Waals surface area contributed by atoms with Crippen molar-refractivity contribution >= 4 is 33.1 Å². The summed E-state index contributed by atoms with van der Waals surface area (Å²) in [5, 5.41) is 2.03. The van der Waals surface area contributed by atoms with Crippen molar-refractivity contribution in [2.45, 2.75) is 31.2 Å². The minimum absolute atomic E-state index is 0.0231. The Bertz CT molecular complexity index is 991. The maximum Gasteiger partial charge on any atom is 0.285 e. The normalized spacial score (nSPS) is 18.6. The molecule has 2 aromatic rings. The number of nitrogens with zero attached hydrogens (tertiary/aromatic N) is 3. The molecule has 0 atom stereocenters. The molecule has 2 aliphatic rings. The van der Waals surface area contributed by atoms with Gasteiger partial charge in [-0.3, -0.25) is 4.79 Å². The van der Waals surface area contributed by atoms with Crippen LogP contribution in [0.25, 0.3) is 0 Å². The number of fused-ring (bicyclic) bond motifs is 1. The minimum atomic E-state index is -3.61. The van der Waals surface area contributed by atoms with E-state index in [1.165, 1.54) is 4.88 Å².